The number of halogens is 1. The minimum atomic E-state index is -3.20. The average molecular weight is 396 g/mol. The molecule has 2 aliphatic rings. The van der Waals surface area contributed by atoms with E-state index in [1.807, 2.05) is 0 Å². The summed E-state index contributed by atoms with van der Waals surface area (Å²) >= 11 is 0. The number of amides is 1. The Balaban J connectivity index is 1.51. The lowest BCUT2D eigenvalue weighted by molar-refractivity contribution is -0.138. The van der Waals surface area contributed by atoms with Gasteiger partial charge in [0.15, 0.2) is 5.78 Å². The number of sulfonamides is 1. The fourth-order valence-corrected chi connectivity index (χ4v) is 4.78. The first kappa shape index (κ1) is 19.9. The Morgan fingerprint density at radius 2 is 1.44 bits per heavy atom. The fourth-order valence-electron chi connectivity index (χ4n) is 3.90. The van der Waals surface area contributed by atoms with Crippen molar-refractivity contribution < 1.29 is 22.4 Å². The lowest BCUT2D eigenvalue weighted by Gasteiger charge is -2.36. The number of piperidine rings is 2. The monoisotopic (exact) mass is 396 g/mol. The second kappa shape index (κ2) is 8.06. The van der Waals surface area contributed by atoms with Gasteiger partial charge in [-0.3, -0.25) is 9.59 Å². The third-order valence-electron chi connectivity index (χ3n) is 5.58. The van der Waals surface area contributed by atoms with E-state index in [1.54, 1.807) is 4.90 Å². The Bertz CT molecular complexity index is 794. The summed E-state index contributed by atoms with van der Waals surface area (Å²) in [4.78, 5) is 27.1. The van der Waals surface area contributed by atoms with Crippen LogP contribution in [-0.2, 0) is 14.8 Å². The topological polar surface area (TPSA) is 74.8 Å². The summed E-state index contributed by atoms with van der Waals surface area (Å²) in [5.74, 6) is -0.591. The van der Waals surface area contributed by atoms with Crippen LogP contribution in [0.2, 0.25) is 0 Å². The predicted molar refractivity (Wildman–Crippen MR) is 99.2 cm³/mol. The van der Waals surface area contributed by atoms with E-state index in [1.165, 1.54) is 34.8 Å². The smallest absolute Gasteiger partial charge is 0.225 e. The fraction of sp³-hybridized carbons (Fsp3) is 0.579. The molecule has 0 saturated carbocycles. The van der Waals surface area contributed by atoms with Gasteiger partial charge >= 0.3 is 0 Å². The second-order valence-electron chi connectivity index (χ2n) is 7.41. The van der Waals surface area contributed by atoms with E-state index < -0.39 is 10.0 Å². The first-order chi connectivity index (χ1) is 12.8. The van der Waals surface area contributed by atoms with Crippen molar-refractivity contribution in [2.75, 3.05) is 32.4 Å². The Labute approximate surface area is 159 Å². The molecule has 0 radical (unpaired) electrons. The predicted octanol–water partition coefficient (Wildman–Crippen LogP) is 1.92. The van der Waals surface area contributed by atoms with E-state index >= 15 is 0 Å². The number of carbonyl (C=O) groups excluding carboxylic acids is 2. The maximum absolute atomic E-state index is 13.0. The number of hydrogen-bond acceptors (Lipinski definition) is 4. The molecule has 0 unspecified atom stereocenters. The van der Waals surface area contributed by atoms with Crippen molar-refractivity contribution in [3.05, 3.63) is 35.6 Å². The zero-order chi connectivity index (χ0) is 19.6. The summed E-state index contributed by atoms with van der Waals surface area (Å²) in [5, 5.41) is 0. The Hall–Kier alpha value is -1.80. The van der Waals surface area contributed by atoms with Crippen LogP contribution < -0.4 is 0 Å². The molecular formula is C19H25FN2O4S. The number of benzene rings is 1. The Kier molecular flexibility index (Phi) is 5.95. The lowest BCUT2D eigenvalue weighted by Crippen LogP contribution is -2.47. The summed E-state index contributed by atoms with van der Waals surface area (Å²) in [6.45, 7) is 1.83. The minimum absolute atomic E-state index is 0.00330. The first-order valence-electron chi connectivity index (χ1n) is 9.29. The highest BCUT2D eigenvalue weighted by molar-refractivity contribution is 7.88. The quantitative estimate of drug-likeness (QED) is 0.729. The average Bonchev–Trinajstić information content (AvgIpc) is 2.67. The van der Waals surface area contributed by atoms with Crippen LogP contribution in [0.5, 0.6) is 0 Å². The van der Waals surface area contributed by atoms with Crippen LogP contribution in [0.4, 0.5) is 4.39 Å². The molecule has 0 aromatic heterocycles. The molecule has 6 nitrogen and oxygen atoms in total. The summed E-state index contributed by atoms with van der Waals surface area (Å²) < 4.78 is 37.6. The van der Waals surface area contributed by atoms with Gasteiger partial charge < -0.3 is 4.90 Å². The standard InChI is InChI=1S/C19H25FN2O4S/c1-27(25,26)22-12-8-16(9-13-22)19(24)21-10-6-15(7-11-21)18(23)14-2-4-17(20)5-3-14/h2-5,15-16H,6-13H2,1H3. The van der Waals surface area contributed by atoms with Crippen LogP contribution in [0.1, 0.15) is 36.0 Å². The molecule has 148 valence electrons. The highest BCUT2D eigenvalue weighted by Gasteiger charge is 2.34. The number of Topliss-reactive ketones (excluding diaryl/α,β-unsaturated/α-hetero) is 1. The number of ketones is 1. The molecule has 0 N–H and O–H groups in total. The van der Waals surface area contributed by atoms with Gasteiger partial charge in [-0.2, -0.15) is 0 Å². The molecular weight excluding hydrogens is 371 g/mol. The number of hydrogen-bond donors (Lipinski definition) is 0. The van der Waals surface area contributed by atoms with Gasteiger partial charge in [0.05, 0.1) is 6.26 Å². The molecule has 0 bridgehead atoms. The van der Waals surface area contributed by atoms with E-state index in [0.29, 0.717) is 57.4 Å². The number of nitrogens with zero attached hydrogens (tertiary/aromatic N) is 2. The molecule has 2 heterocycles. The van der Waals surface area contributed by atoms with Gasteiger partial charge in [0.25, 0.3) is 0 Å². The van der Waals surface area contributed by atoms with E-state index in [9.17, 15) is 22.4 Å². The first-order valence-corrected chi connectivity index (χ1v) is 11.1. The van der Waals surface area contributed by atoms with Crippen molar-refractivity contribution in [1.29, 1.82) is 0 Å². The van der Waals surface area contributed by atoms with E-state index in [-0.39, 0.29) is 29.3 Å². The molecule has 8 heteroatoms. The van der Waals surface area contributed by atoms with E-state index in [2.05, 4.69) is 0 Å². The van der Waals surface area contributed by atoms with Gasteiger partial charge in [0.2, 0.25) is 15.9 Å². The molecule has 0 spiro atoms. The van der Waals surface area contributed by atoms with Crippen LogP contribution in [0.3, 0.4) is 0 Å². The molecule has 0 atom stereocenters. The summed E-state index contributed by atoms with van der Waals surface area (Å²) in [5.41, 5.74) is 0.509. The summed E-state index contributed by atoms with van der Waals surface area (Å²) in [6, 6.07) is 5.58. The number of rotatable bonds is 4. The van der Waals surface area contributed by atoms with Crippen LogP contribution in [-0.4, -0.2) is 61.7 Å². The largest absolute Gasteiger partial charge is 0.342 e. The molecule has 1 aromatic rings. The molecule has 1 aromatic carbocycles. The molecule has 2 fully saturated rings. The third kappa shape index (κ3) is 4.73. The van der Waals surface area contributed by atoms with Gasteiger partial charge in [-0.15, -0.1) is 0 Å². The summed E-state index contributed by atoms with van der Waals surface area (Å²) in [7, 11) is -3.20. The molecule has 27 heavy (non-hydrogen) atoms. The third-order valence-corrected chi connectivity index (χ3v) is 6.88. The van der Waals surface area contributed by atoms with Crippen molar-refractivity contribution in [2.45, 2.75) is 25.7 Å². The SMILES string of the molecule is CS(=O)(=O)N1CCC(C(=O)N2CCC(C(=O)c3ccc(F)cc3)CC2)CC1. The number of carbonyl (C=O) groups is 2. The van der Waals surface area contributed by atoms with Crippen molar-refractivity contribution in [3.8, 4) is 0 Å². The van der Waals surface area contributed by atoms with Crippen LogP contribution in [0.15, 0.2) is 24.3 Å². The Morgan fingerprint density at radius 3 is 1.96 bits per heavy atom. The Morgan fingerprint density at radius 1 is 0.926 bits per heavy atom. The molecule has 2 aliphatic heterocycles. The van der Waals surface area contributed by atoms with Crippen molar-refractivity contribution >= 4 is 21.7 Å². The van der Waals surface area contributed by atoms with Crippen LogP contribution >= 0.6 is 0 Å². The van der Waals surface area contributed by atoms with E-state index in [4.69, 9.17) is 0 Å². The molecule has 0 aliphatic carbocycles. The maximum Gasteiger partial charge on any atom is 0.225 e. The van der Waals surface area contributed by atoms with Gasteiger partial charge in [0.1, 0.15) is 5.82 Å². The maximum atomic E-state index is 13.0. The van der Waals surface area contributed by atoms with Gasteiger partial charge in [-0.05, 0) is 49.9 Å². The van der Waals surface area contributed by atoms with Crippen LogP contribution in [0.25, 0.3) is 0 Å². The van der Waals surface area contributed by atoms with Crippen LogP contribution in [0, 0.1) is 17.7 Å². The molecule has 2 saturated heterocycles. The lowest BCUT2D eigenvalue weighted by atomic mass is 9.87. The second-order valence-corrected chi connectivity index (χ2v) is 9.39. The van der Waals surface area contributed by atoms with Crippen molar-refractivity contribution in [1.82, 2.24) is 9.21 Å². The van der Waals surface area contributed by atoms with Crippen molar-refractivity contribution in [2.24, 2.45) is 11.8 Å². The van der Waals surface area contributed by atoms with E-state index in [0.717, 1.165) is 0 Å². The van der Waals surface area contributed by atoms with Gasteiger partial charge in [-0.25, -0.2) is 17.1 Å². The van der Waals surface area contributed by atoms with Crippen molar-refractivity contribution in [3.63, 3.8) is 0 Å². The normalized spacial score (nSPS) is 20.6. The zero-order valence-corrected chi connectivity index (χ0v) is 16.3. The molecule has 3 rings (SSSR count). The highest BCUT2D eigenvalue weighted by Crippen LogP contribution is 2.26. The number of likely N-dealkylation sites (tertiary alicyclic amines) is 1. The summed E-state index contributed by atoms with van der Waals surface area (Å²) in [6.07, 6.45) is 3.48. The molecule has 1 amide bonds. The minimum Gasteiger partial charge on any atom is -0.342 e. The van der Waals surface area contributed by atoms with Gasteiger partial charge in [-0.1, -0.05) is 0 Å². The zero-order valence-electron chi connectivity index (χ0n) is 15.4. The highest BCUT2D eigenvalue weighted by atomic mass is 32.2. The van der Waals surface area contributed by atoms with Gasteiger partial charge in [0, 0.05) is 43.6 Å².